The molecule has 0 saturated carbocycles. The van der Waals surface area contributed by atoms with Crippen LogP contribution in [0.3, 0.4) is 0 Å². The SMILES string of the molecule is CCc1noc(C(C)Sc2ncnc3c2cnn3C)n1. The number of thioether (sulfide) groups is 1. The van der Waals surface area contributed by atoms with Crippen LogP contribution in [0.1, 0.15) is 30.8 Å². The molecule has 0 N–H and O–H groups in total. The molecule has 1 unspecified atom stereocenters. The number of rotatable bonds is 4. The highest BCUT2D eigenvalue weighted by Crippen LogP contribution is 2.35. The van der Waals surface area contributed by atoms with E-state index in [-0.39, 0.29) is 5.25 Å². The fraction of sp³-hybridized carbons (Fsp3) is 0.417. The van der Waals surface area contributed by atoms with Gasteiger partial charge < -0.3 is 4.52 Å². The van der Waals surface area contributed by atoms with E-state index in [0.29, 0.717) is 5.89 Å². The Morgan fingerprint density at radius 2 is 2.25 bits per heavy atom. The molecule has 104 valence electrons. The van der Waals surface area contributed by atoms with E-state index >= 15 is 0 Å². The zero-order chi connectivity index (χ0) is 14.1. The molecular weight excluding hydrogens is 276 g/mol. The molecule has 3 rings (SSSR count). The minimum absolute atomic E-state index is 0.0288. The van der Waals surface area contributed by atoms with Gasteiger partial charge in [-0.15, -0.1) is 0 Å². The normalized spacial score (nSPS) is 12.9. The Kier molecular flexibility index (Phi) is 3.39. The van der Waals surface area contributed by atoms with Crippen molar-refractivity contribution in [3.63, 3.8) is 0 Å². The van der Waals surface area contributed by atoms with Crippen LogP contribution < -0.4 is 0 Å². The van der Waals surface area contributed by atoms with Crippen LogP contribution in [0, 0.1) is 0 Å². The van der Waals surface area contributed by atoms with E-state index in [2.05, 4.69) is 25.2 Å². The maximum atomic E-state index is 5.26. The van der Waals surface area contributed by atoms with Crippen LogP contribution in [0.15, 0.2) is 22.1 Å². The number of fused-ring (bicyclic) bond motifs is 1. The molecule has 20 heavy (non-hydrogen) atoms. The number of nitrogens with zero attached hydrogens (tertiary/aromatic N) is 6. The summed E-state index contributed by atoms with van der Waals surface area (Å²) in [4.78, 5) is 12.9. The van der Waals surface area contributed by atoms with Gasteiger partial charge in [0.2, 0.25) is 5.89 Å². The molecule has 0 aliphatic carbocycles. The average molecular weight is 290 g/mol. The third-order valence-corrected chi connectivity index (χ3v) is 4.03. The molecular formula is C12H14N6OS. The Hall–Kier alpha value is -1.96. The third-order valence-electron chi connectivity index (χ3n) is 2.93. The summed E-state index contributed by atoms with van der Waals surface area (Å²) in [6, 6.07) is 0. The lowest BCUT2D eigenvalue weighted by Crippen LogP contribution is -1.94. The molecule has 0 aliphatic rings. The number of hydrogen-bond donors (Lipinski definition) is 0. The van der Waals surface area contributed by atoms with Crippen LogP contribution in [0.5, 0.6) is 0 Å². The molecule has 0 radical (unpaired) electrons. The second kappa shape index (κ2) is 5.20. The summed E-state index contributed by atoms with van der Waals surface area (Å²) in [7, 11) is 1.86. The molecule has 8 heteroatoms. The fourth-order valence-corrected chi connectivity index (χ4v) is 2.74. The van der Waals surface area contributed by atoms with Crippen molar-refractivity contribution in [2.24, 2.45) is 7.05 Å². The Labute approximate surface area is 119 Å². The third kappa shape index (κ3) is 2.26. The molecule has 7 nitrogen and oxygen atoms in total. The Balaban J connectivity index is 1.89. The van der Waals surface area contributed by atoms with Gasteiger partial charge in [0.25, 0.3) is 0 Å². The van der Waals surface area contributed by atoms with Crippen LogP contribution in [-0.4, -0.2) is 29.9 Å². The van der Waals surface area contributed by atoms with Crippen molar-refractivity contribution >= 4 is 22.8 Å². The summed E-state index contributed by atoms with van der Waals surface area (Å²) >= 11 is 1.56. The van der Waals surface area contributed by atoms with Crippen LogP contribution >= 0.6 is 11.8 Å². The second-order valence-electron chi connectivity index (χ2n) is 4.35. The quantitative estimate of drug-likeness (QED) is 0.538. The number of hydrogen-bond acceptors (Lipinski definition) is 7. The van der Waals surface area contributed by atoms with Crippen molar-refractivity contribution in [2.75, 3.05) is 0 Å². The van der Waals surface area contributed by atoms with Crippen molar-refractivity contribution in [2.45, 2.75) is 30.5 Å². The fourth-order valence-electron chi connectivity index (χ4n) is 1.83. The largest absolute Gasteiger partial charge is 0.338 e. The van der Waals surface area contributed by atoms with Gasteiger partial charge in [-0.1, -0.05) is 23.8 Å². The summed E-state index contributed by atoms with van der Waals surface area (Å²) in [6.07, 6.45) is 4.08. The first-order chi connectivity index (χ1) is 9.69. The van der Waals surface area contributed by atoms with E-state index in [4.69, 9.17) is 4.52 Å². The molecule has 0 amide bonds. The van der Waals surface area contributed by atoms with Crippen LogP contribution in [0.25, 0.3) is 11.0 Å². The van der Waals surface area contributed by atoms with Gasteiger partial charge in [0, 0.05) is 13.5 Å². The van der Waals surface area contributed by atoms with E-state index < -0.39 is 0 Å². The van der Waals surface area contributed by atoms with Gasteiger partial charge >= 0.3 is 0 Å². The number of aryl methyl sites for hydroxylation is 2. The molecule has 0 saturated heterocycles. The van der Waals surface area contributed by atoms with E-state index in [1.165, 1.54) is 0 Å². The standard InChI is InChI=1S/C12H14N6OS/c1-4-9-16-11(19-17-9)7(2)20-12-8-5-15-18(3)10(8)13-6-14-12/h5-7H,4H2,1-3H3. The predicted octanol–water partition coefficient (Wildman–Crippen LogP) is 2.16. The molecule has 3 aromatic rings. The minimum Gasteiger partial charge on any atom is -0.338 e. The summed E-state index contributed by atoms with van der Waals surface area (Å²) in [5.41, 5.74) is 0.814. The van der Waals surface area contributed by atoms with Gasteiger partial charge in [0.15, 0.2) is 11.5 Å². The topological polar surface area (TPSA) is 82.5 Å². The maximum Gasteiger partial charge on any atom is 0.239 e. The van der Waals surface area contributed by atoms with E-state index in [0.717, 1.165) is 28.3 Å². The summed E-state index contributed by atoms with van der Waals surface area (Å²) in [5, 5.41) is 9.95. The number of aromatic nitrogens is 6. The van der Waals surface area contributed by atoms with Crippen molar-refractivity contribution in [3.8, 4) is 0 Å². The van der Waals surface area contributed by atoms with Crippen molar-refractivity contribution in [1.29, 1.82) is 0 Å². The minimum atomic E-state index is 0.0288. The van der Waals surface area contributed by atoms with Gasteiger partial charge in [-0.25, -0.2) is 9.97 Å². The first-order valence-electron chi connectivity index (χ1n) is 6.31. The molecule has 0 aromatic carbocycles. The lowest BCUT2D eigenvalue weighted by molar-refractivity contribution is 0.375. The van der Waals surface area contributed by atoms with E-state index in [1.807, 2.05) is 20.9 Å². The van der Waals surface area contributed by atoms with Gasteiger partial charge in [0.05, 0.1) is 16.8 Å². The Bertz CT molecular complexity index is 736. The molecule has 1 atom stereocenters. The zero-order valence-corrected chi connectivity index (χ0v) is 12.3. The molecule has 0 bridgehead atoms. The van der Waals surface area contributed by atoms with Gasteiger partial charge in [0.1, 0.15) is 11.4 Å². The highest BCUT2D eigenvalue weighted by atomic mass is 32.2. The second-order valence-corrected chi connectivity index (χ2v) is 5.68. The smallest absolute Gasteiger partial charge is 0.239 e. The highest BCUT2D eigenvalue weighted by Gasteiger charge is 2.18. The monoisotopic (exact) mass is 290 g/mol. The first kappa shape index (κ1) is 13.0. The average Bonchev–Trinajstić information content (AvgIpc) is 3.07. The van der Waals surface area contributed by atoms with E-state index in [9.17, 15) is 0 Å². The summed E-state index contributed by atoms with van der Waals surface area (Å²) in [6.45, 7) is 4.01. The molecule has 0 aliphatic heterocycles. The van der Waals surface area contributed by atoms with Crippen molar-refractivity contribution in [3.05, 3.63) is 24.2 Å². The van der Waals surface area contributed by atoms with Gasteiger partial charge in [-0.3, -0.25) is 4.68 Å². The van der Waals surface area contributed by atoms with Crippen molar-refractivity contribution < 1.29 is 4.52 Å². The van der Waals surface area contributed by atoms with Gasteiger partial charge in [-0.2, -0.15) is 10.1 Å². The Morgan fingerprint density at radius 3 is 3.00 bits per heavy atom. The Morgan fingerprint density at radius 1 is 1.40 bits per heavy atom. The maximum absolute atomic E-state index is 5.26. The lowest BCUT2D eigenvalue weighted by Gasteiger charge is -2.05. The molecule has 0 spiro atoms. The predicted molar refractivity (Wildman–Crippen MR) is 74.3 cm³/mol. The van der Waals surface area contributed by atoms with Crippen LogP contribution in [0.2, 0.25) is 0 Å². The molecule has 3 heterocycles. The van der Waals surface area contributed by atoms with Crippen LogP contribution in [-0.2, 0) is 13.5 Å². The highest BCUT2D eigenvalue weighted by molar-refractivity contribution is 7.99. The van der Waals surface area contributed by atoms with Crippen LogP contribution in [0.4, 0.5) is 0 Å². The molecule has 3 aromatic heterocycles. The summed E-state index contributed by atoms with van der Waals surface area (Å²) in [5.74, 6) is 1.34. The van der Waals surface area contributed by atoms with Crippen molar-refractivity contribution in [1.82, 2.24) is 29.9 Å². The first-order valence-corrected chi connectivity index (χ1v) is 7.18. The molecule has 0 fully saturated rings. The van der Waals surface area contributed by atoms with Gasteiger partial charge in [-0.05, 0) is 6.92 Å². The summed E-state index contributed by atoms with van der Waals surface area (Å²) < 4.78 is 6.99. The zero-order valence-electron chi connectivity index (χ0n) is 11.4. The van der Waals surface area contributed by atoms with E-state index in [1.54, 1.807) is 29.0 Å². The lowest BCUT2D eigenvalue weighted by atomic mass is 10.4.